The zero-order valence-corrected chi connectivity index (χ0v) is 14.4. The number of esters is 1. The van der Waals surface area contributed by atoms with E-state index in [-0.39, 0.29) is 19.2 Å². The summed E-state index contributed by atoms with van der Waals surface area (Å²) in [6, 6.07) is 0. The van der Waals surface area contributed by atoms with Crippen LogP contribution in [0.5, 0.6) is 0 Å². The highest BCUT2D eigenvalue weighted by Crippen LogP contribution is 2.38. The van der Waals surface area contributed by atoms with Crippen LogP contribution in [0.4, 0.5) is 0 Å². The van der Waals surface area contributed by atoms with Crippen LogP contribution in [0, 0.1) is 0 Å². The molecule has 0 aromatic carbocycles. The number of hydrogen-bond acceptors (Lipinski definition) is 6. The minimum absolute atomic E-state index is 0.0774. The van der Waals surface area contributed by atoms with Crippen molar-refractivity contribution >= 4 is 13.8 Å². The highest BCUT2D eigenvalue weighted by molar-refractivity contribution is 7.45. The molecule has 0 spiro atoms. The van der Waals surface area contributed by atoms with Crippen LogP contribution in [0.3, 0.4) is 0 Å². The molecule has 0 fully saturated rings. The molecule has 0 aromatic rings. The summed E-state index contributed by atoms with van der Waals surface area (Å²) in [6.45, 7) is 2.90. The summed E-state index contributed by atoms with van der Waals surface area (Å²) < 4.78 is 26.4. The first kappa shape index (κ1) is 20.5. The van der Waals surface area contributed by atoms with Gasteiger partial charge >= 0.3 is 5.97 Å². The number of ether oxygens (including phenoxy) is 1. The number of quaternary nitrogens is 1. The van der Waals surface area contributed by atoms with Gasteiger partial charge in [0.25, 0.3) is 7.82 Å². The van der Waals surface area contributed by atoms with Gasteiger partial charge < -0.3 is 23.2 Å². The summed E-state index contributed by atoms with van der Waals surface area (Å²) >= 11 is 0. The van der Waals surface area contributed by atoms with E-state index in [2.05, 4.69) is 0 Å². The standard InChI is InChI=1S/C13H28NO6P/c1-5-18-13(15)9-7-6-8-11-19-21(16,17)20-12-10-14(2,3)4/h5-12H2,1-4H3. The first-order valence-corrected chi connectivity index (χ1v) is 8.68. The molecule has 0 aliphatic rings. The van der Waals surface area contributed by atoms with Gasteiger partial charge in [-0.25, -0.2) is 0 Å². The molecule has 126 valence electrons. The molecule has 1 atom stereocenters. The summed E-state index contributed by atoms with van der Waals surface area (Å²) in [5.41, 5.74) is 0. The fourth-order valence-corrected chi connectivity index (χ4v) is 2.15. The van der Waals surface area contributed by atoms with Crippen LogP contribution in [0.25, 0.3) is 0 Å². The van der Waals surface area contributed by atoms with Crippen molar-refractivity contribution in [1.29, 1.82) is 0 Å². The number of phosphoric acid groups is 1. The Labute approximate surface area is 127 Å². The number of phosphoric ester groups is 1. The van der Waals surface area contributed by atoms with E-state index in [1.54, 1.807) is 6.92 Å². The van der Waals surface area contributed by atoms with Crippen molar-refractivity contribution in [3.8, 4) is 0 Å². The van der Waals surface area contributed by atoms with Crippen molar-refractivity contribution in [2.45, 2.75) is 32.6 Å². The Bertz CT molecular complexity index is 342. The van der Waals surface area contributed by atoms with Crippen LogP contribution in [0.1, 0.15) is 32.6 Å². The zero-order chi connectivity index (χ0) is 16.4. The van der Waals surface area contributed by atoms with Crippen LogP contribution in [0.15, 0.2) is 0 Å². The number of hydrogen-bond donors (Lipinski definition) is 0. The highest BCUT2D eigenvalue weighted by atomic mass is 31.2. The molecule has 0 saturated carbocycles. The van der Waals surface area contributed by atoms with E-state index >= 15 is 0 Å². The molecule has 0 bridgehead atoms. The topological polar surface area (TPSA) is 84.9 Å². The lowest BCUT2D eigenvalue weighted by Gasteiger charge is -2.27. The predicted octanol–water partition coefficient (Wildman–Crippen LogP) is 1.32. The Hall–Kier alpha value is -0.460. The van der Waals surface area contributed by atoms with Gasteiger partial charge in [-0.3, -0.25) is 9.36 Å². The molecule has 21 heavy (non-hydrogen) atoms. The maximum absolute atomic E-state index is 11.4. The van der Waals surface area contributed by atoms with Crippen LogP contribution >= 0.6 is 7.82 Å². The molecule has 8 heteroatoms. The Kier molecular flexibility index (Phi) is 10.1. The third-order valence-electron chi connectivity index (χ3n) is 2.59. The van der Waals surface area contributed by atoms with Gasteiger partial charge in [0.2, 0.25) is 0 Å². The van der Waals surface area contributed by atoms with Gasteiger partial charge in [0, 0.05) is 6.42 Å². The summed E-state index contributed by atoms with van der Waals surface area (Å²) in [6.07, 6.45) is 2.28. The minimum atomic E-state index is -4.21. The Balaban J connectivity index is 3.61. The van der Waals surface area contributed by atoms with Gasteiger partial charge in [-0.15, -0.1) is 0 Å². The zero-order valence-electron chi connectivity index (χ0n) is 13.5. The van der Waals surface area contributed by atoms with Crippen molar-refractivity contribution in [3.05, 3.63) is 0 Å². The molecule has 0 amide bonds. The van der Waals surface area contributed by atoms with Crippen LogP contribution in [-0.2, 0) is 23.1 Å². The second kappa shape index (κ2) is 10.3. The van der Waals surface area contributed by atoms with E-state index in [0.29, 0.717) is 43.3 Å². The molecule has 0 saturated heterocycles. The minimum Gasteiger partial charge on any atom is -0.756 e. The molecule has 0 aliphatic heterocycles. The SMILES string of the molecule is CCOC(=O)CCCCCOP(=O)([O-])OCC[N+](C)(C)C. The number of nitrogens with zero attached hydrogens (tertiary/aromatic N) is 1. The first-order chi connectivity index (χ1) is 9.66. The Morgan fingerprint density at radius 1 is 1.10 bits per heavy atom. The maximum atomic E-state index is 11.4. The second-order valence-electron chi connectivity index (χ2n) is 5.74. The number of likely N-dealkylation sites (N-methyl/N-ethyl adjacent to an activating group) is 1. The Morgan fingerprint density at radius 2 is 1.71 bits per heavy atom. The van der Waals surface area contributed by atoms with E-state index in [1.807, 2.05) is 21.1 Å². The summed E-state index contributed by atoms with van der Waals surface area (Å²) in [5, 5.41) is 0. The molecule has 7 nitrogen and oxygen atoms in total. The van der Waals surface area contributed by atoms with Gasteiger partial charge in [0.1, 0.15) is 13.2 Å². The molecule has 0 radical (unpaired) electrons. The van der Waals surface area contributed by atoms with Crippen molar-refractivity contribution < 1.29 is 32.5 Å². The van der Waals surface area contributed by atoms with E-state index in [9.17, 15) is 14.3 Å². The molecule has 0 rings (SSSR count). The largest absolute Gasteiger partial charge is 0.756 e. The monoisotopic (exact) mass is 325 g/mol. The van der Waals surface area contributed by atoms with Crippen molar-refractivity contribution in [2.75, 3.05) is 47.5 Å². The van der Waals surface area contributed by atoms with E-state index in [1.165, 1.54) is 0 Å². The fourth-order valence-electron chi connectivity index (χ4n) is 1.42. The summed E-state index contributed by atoms with van der Waals surface area (Å²) in [4.78, 5) is 22.5. The van der Waals surface area contributed by atoms with E-state index in [0.717, 1.165) is 0 Å². The average Bonchev–Trinajstić information content (AvgIpc) is 2.32. The van der Waals surface area contributed by atoms with Crippen molar-refractivity contribution in [3.63, 3.8) is 0 Å². The predicted molar refractivity (Wildman–Crippen MR) is 77.5 cm³/mol. The molecule has 0 aromatic heterocycles. The molecular weight excluding hydrogens is 297 g/mol. The number of unbranched alkanes of at least 4 members (excludes halogenated alkanes) is 2. The fraction of sp³-hybridized carbons (Fsp3) is 0.923. The number of rotatable bonds is 12. The third-order valence-corrected chi connectivity index (χ3v) is 3.59. The van der Waals surface area contributed by atoms with Gasteiger partial charge in [0.05, 0.1) is 34.4 Å². The van der Waals surface area contributed by atoms with E-state index < -0.39 is 7.82 Å². The summed E-state index contributed by atoms with van der Waals surface area (Å²) in [7, 11) is 1.64. The molecule has 0 heterocycles. The molecule has 0 aliphatic carbocycles. The molecular formula is C13H28NO6P. The van der Waals surface area contributed by atoms with Gasteiger partial charge in [-0.05, 0) is 19.8 Å². The second-order valence-corrected chi connectivity index (χ2v) is 7.15. The summed E-state index contributed by atoms with van der Waals surface area (Å²) in [5.74, 6) is -0.225. The smallest absolute Gasteiger partial charge is 0.305 e. The van der Waals surface area contributed by atoms with Crippen molar-refractivity contribution in [2.24, 2.45) is 0 Å². The number of carbonyl (C=O) groups excluding carboxylic acids is 1. The van der Waals surface area contributed by atoms with Crippen molar-refractivity contribution in [1.82, 2.24) is 0 Å². The lowest BCUT2D eigenvalue weighted by atomic mass is 10.2. The van der Waals surface area contributed by atoms with Crippen LogP contribution in [0.2, 0.25) is 0 Å². The quantitative estimate of drug-likeness (QED) is 0.233. The van der Waals surface area contributed by atoms with Gasteiger partial charge in [-0.1, -0.05) is 6.42 Å². The Morgan fingerprint density at radius 3 is 2.29 bits per heavy atom. The maximum Gasteiger partial charge on any atom is 0.305 e. The normalized spacial score (nSPS) is 14.7. The average molecular weight is 325 g/mol. The first-order valence-electron chi connectivity index (χ1n) is 7.22. The highest BCUT2D eigenvalue weighted by Gasteiger charge is 2.13. The van der Waals surface area contributed by atoms with Crippen LogP contribution < -0.4 is 4.89 Å². The molecule has 0 N–H and O–H groups in total. The van der Waals surface area contributed by atoms with E-state index in [4.69, 9.17) is 13.8 Å². The lowest BCUT2D eigenvalue weighted by molar-refractivity contribution is -0.870. The lowest BCUT2D eigenvalue weighted by Crippen LogP contribution is -2.37. The molecule has 1 unspecified atom stereocenters. The van der Waals surface area contributed by atoms with Gasteiger partial charge in [-0.2, -0.15) is 0 Å². The number of carbonyl (C=O) groups is 1. The van der Waals surface area contributed by atoms with Crippen LogP contribution in [-0.4, -0.2) is 58.0 Å². The van der Waals surface area contributed by atoms with Gasteiger partial charge in [0.15, 0.2) is 0 Å². The third kappa shape index (κ3) is 14.2.